The van der Waals surface area contributed by atoms with Crippen molar-refractivity contribution in [3.8, 4) is 0 Å². The zero-order chi connectivity index (χ0) is 13.9. The van der Waals surface area contributed by atoms with Gasteiger partial charge in [-0.05, 0) is 24.1 Å². The van der Waals surface area contributed by atoms with Crippen LogP contribution in [0.15, 0.2) is 39.0 Å². The van der Waals surface area contributed by atoms with Crippen molar-refractivity contribution in [2.24, 2.45) is 5.10 Å². The maximum atomic E-state index is 4.73. The second-order valence-electron chi connectivity index (χ2n) is 4.66. The second-order valence-corrected chi connectivity index (χ2v) is 6.51. The van der Waals surface area contributed by atoms with E-state index in [-0.39, 0.29) is 17.0 Å². The van der Waals surface area contributed by atoms with Gasteiger partial charge in [0.05, 0.1) is 5.71 Å². The van der Waals surface area contributed by atoms with Gasteiger partial charge in [0.2, 0.25) is 5.16 Å². The normalized spacial score (nSPS) is 13.3. The molecule has 1 aromatic heterocycles. The van der Waals surface area contributed by atoms with Crippen molar-refractivity contribution in [3.63, 3.8) is 0 Å². The monoisotopic (exact) mass is 430 g/mol. The Hall–Kier alpha value is -0.660. The lowest BCUT2D eigenvalue weighted by atomic mass is 10.1. The molecule has 2 aromatic rings. The molecule has 2 heterocycles. The molecule has 112 valence electrons. The van der Waals surface area contributed by atoms with E-state index in [1.807, 2.05) is 16.8 Å². The molecule has 0 radical (unpaired) electrons. The van der Waals surface area contributed by atoms with Gasteiger partial charge in [0.15, 0.2) is 5.82 Å². The summed E-state index contributed by atoms with van der Waals surface area (Å²) in [5, 5.41) is 14.1. The van der Waals surface area contributed by atoms with Gasteiger partial charge in [0.1, 0.15) is 0 Å². The Morgan fingerprint density at radius 2 is 2.00 bits per heavy atom. The van der Waals surface area contributed by atoms with Crippen molar-refractivity contribution in [1.29, 1.82) is 0 Å². The number of hydrogen-bond donors (Lipinski definition) is 0. The molecule has 3 rings (SSSR count). The molecule has 0 aliphatic carbocycles. The number of halogens is 2. The van der Waals surface area contributed by atoms with Crippen LogP contribution in [0.2, 0.25) is 0 Å². The van der Waals surface area contributed by atoms with Crippen LogP contribution in [0.4, 0.5) is 0 Å². The Balaban J connectivity index is 0.00000161. The number of rotatable bonds is 4. The van der Waals surface area contributed by atoms with Crippen LogP contribution in [-0.4, -0.2) is 26.3 Å². The summed E-state index contributed by atoms with van der Waals surface area (Å²) in [4.78, 5) is 0. The van der Waals surface area contributed by atoms with E-state index in [9.17, 15) is 0 Å². The molecule has 0 spiro atoms. The molecule has 1 aromatic carbocycles. The number of fused-ring (bicyclic) bond motifs is 1. The van der Waals surface area contributed by atoms with Crippen molar-refractivity contribution < 1.29 is 0 Å². The first kappa shape index (κ1) is 16.7. The van der Waals surface area contributed by atoms with Gasteiger partial charge in [0.25, 0.3) is 0 Å². The average molecular weight is 432 g/mol. The first-order chi connectivity index (χ1) is 9.78. The molecule has 0 saturated carbocycles. The van der Waals surface area contributed by atoms with E-state index in [1.165, 1.54) is 0 Å². The van der Waals surface area contributed by atoms with Gasteiger partial charge in [-0.1, -0.05) is 53.2 Å². The standard InChI is InChI=1S/C14H15BrN4S.BrH/c1-2-3-4-13-16-17-14-19(13)18-12(9-20-14)10-5-7-11(15)8-6-10;/h5-8H,2-4,9H2,1H3;1H. The van der Waals surface area contributed by atoms with Gasteiger partial charge in [-0.15, -0.1) is 27.2 Å². The molecular formula is C14H16Br2N4S. The molecule has 0 N–H and O–H groups in total. The van der Waals surface area contributed by atoms with Crippen molar-refractivity contribution in [3.05, 3.63) is 40.1 Å². The minimum Gasteiger partial charge on any atom is -0.191 e. The number of thioether (sulfide) groups is 1. The molecule has 1 aliphatic rings. The lowest BCUT2D eigenvalue weighted by Gasteiger charge is -2.13. The molecule has 0 atom stereocenters. The van der Waals surface area contributed by atoms with Gasteiger partial charge in [-0.3, -0.25) is 0 Å². The Labute approximate surface area is 147 Å². The van der Waals surface area contributed by atoms with Crippen LogP contribution < -0.4 is 0 Å². The summed E-state index contributed by atoms with van der Waals surface area (Å²) < 4.78 is 2.99. The quantitative estimate of drug-likeness (QED) is 0.723. The Bertz CT molecular complexity index is 637. The maximum absolute atomic E-state index is 4.73. The SMILES string of the molecule is Br.CCCCc1nnc2n1N=C(c1ccc(Br)cc1)CS2. The minimum absolute atomic E-state index is 0. The summed E-state index contributed by atoms with van der Waals surface area (Å²) in [5.74, 6) is 1.80. The summed E-state index contributed by atoms with van der Waals surface area (Å²) in [6, 6.07) is 8.26. The topological polar surface area (TPSA) is 43.1 Å². The first-order valence-corrected chi connectivity index (χ1v) is 8.46. The molecule has 0 amide bonds. The minimum atomic E-state index is 0. The molecule has 0 saturated heterocycles. The lowest BCUT2D eigenvalue weighted by molar-refractivity contribution is 0.671. The highest BCUT2D eigenvalue weighted by Crippen LogP contribution is 2.25. The van der Waals surface area contributed by atoms with E-state index in [2.05, 4.69) is 45.2 Å². The molecule has 0 bridgehead atoms. The van der Waals surface area contributed by atoms with Crippen LogP contribution in [0.3, 0.4) is 0 Å². The maximum Gasteiger partial charge on any atom is 0.212 e. The summed E-state index contributed by atoms with van der Waals surface area (Å²) >= 11 is 5.16. The van der Waals surface area contributed by atoms with Crippen LogP contribution in [0, 0.1) is 0 Å². The van der Waals surface area contributed by atoms with E-state index >= 15 is 0 Å². The lowest BCUT2D eigenvalue weighted by Crippen LogP contribution is -2.14. The van der Waals surface area contributed by atoms with Gasteiger partial charge < -0.3 is 0 Å². The van der Waals surface area contributed by atoms with Crippen molar-refractivity contribution in [2.75, 3.05) is 5.75 Å². The largest absolute Gasteiger partial charge is 0.212 e. The predicted octanol–water partition coefficient (Wildman–Crippen LogP) is 4.32. The number of nitrogens with zero attached hydrogens (tertiary/aromatic N) is 4. The predicted molar refractivity (Wildman–Crippen MR) is 95.8 cm³/mol. The van der Waals surface area contributed by atoms with Gasteiger partial charge in [-0.25, -0.2) is 0 Å². The third-order valence-corrected chi connectivity index (χ3v) is 4.63. The van der Waals surface area contributed by atoms with E-state index < -0.39 is 0 Å². The number of aryl methyl sites for hydroxylation is 1. The Kier molecular flexibility index (Phi) is 6.01. The zero-order valence-corrected chi connectivity index (χ0v) is 15.7. The highest BCUT2D eigenvalue weighted by atomic mass is 79.9. The van der Waals surface area contributed by atoms with E-state index in [0.717, 1.165) is 51.7 Å². The fourth-order valence-corrected chi connectivity index (χ4v) is 3.16. The molecule has 21 heavy (non-hydrogen) atoms. The summed E-state index contributed by atoms with van der Waals surface area (Å²) in [6.07, 6.45) is 3.20. The summed E-state index contributed by atoms with van der Waals surface area (Å²) in [5.41, 5.74) is 2.23. The van der Waals surface area contributed by atoms with Crippen LogP contribution >= 0.6 is 44.7 Å². The van der Waals surface area contributed by atoms with Gasteiger partial charge in [0, 0.05) is 16.6 Å². The van der Waals surface area contributed by atoms with Crippen molar-refractivity contribution in [2.45, 2.75) is 31.3 Å². The smallest absolute Gasteiger partial charge is 0.191 e. The van der Waals surface area contributed by atoms with E-state index in [4.69, 9.17) is 5.10 Å². The van der Waals surface area contributed by atoms with E-state index in [1.54, 1.807) is 11.8 Å². The van der Waals surface area contributed by atoms with Crippen molar-refractivity contribution >= 4 is 50.4 Å². The highest BCUT2D eigenvalue weighted by Gasteiger charge is 2.19. The molecule has 0 fully saturated rings. The Morgan fingerprint density at radius 1 is 1.24 bits per heavy atom. The summed E-state index contributed by atoms with van der Waals surface area (Å²) in [7, 11) is 0. The number of aromatic nitrogens is 3. The number of hydrogen-bond acceptors (Lipinski definition) is 4. The molecule has 0 unspecified atom stereocenters. The number of unbranched alkanes of at least 4 members (excludes halogenated alkanes) is 1. The fraction of sp³-hybridized carbons (Fsp3) is 0.357. The molecule has 7 heteroatoms. The van der Waals surface area contributed by atoms with Crippen LogP contribution in [0.5, 0.6) is 0 Å². The van der Waals surface area contributed by atoms with Crippen molar-refractivity contribution in [1.82, 2.24) is 14.9 Å². The first-order valence-electron chi connectivity index (χ1n) is 6.69. The van der Waals surface area contributed by atoms with Crippen LogP contribution in [0.25, 0.3) is 0 Å². The van der Waals surface area contributed by atoms with Gasteiger partial charge in [-0.2, -0.15) is 9.78 Å². The average Bonchev–Trinajstić information content (AvgIpc) is 2.88. The second kappa shape index (κ2) is 7.56. The highest BCUT2D eigenvalue weighted by molar-refractivity contribution is 9.10. The van der Waals surface area contributed by atoms with Crippen LogP contribution in [-0.2, 0) is 6.42 Å². The zero-order valence-electron chi connectivity index (χ0n) is 11.6. The third-order valence-electron chi connectivity index (χ3n) is 3.17. The summed E-state index contributed by atoms with van der Waals surface area (Å²) in [6.45, 7) is 2.18. The molecule has 1 aliphatic heterocycles. The van der Waals surface area contributed by atoms with E-state index in [0.29, 0.717) is 0 Å². The Morgan fingerprint density at radius 3 is 2.71 bits per heavy atom. The number of benzene rings is 1. The molecule has 4 nitrogen and oxygen atoms in total. The van der Waals surface area contributed by atoms with Gasteiger partial charge >= 0.3 is 0 Å². The molecular weight excluding hydrogens is 416 g/mol. The van der Waals surface area contributed by atoms with Crippen LogP contribution in [0.1, 0.15) is 31.2 Å². The third kappa shape index (κ3) is 3.76. The fourth-order valence-electron chi connectivity index (χ4n) is 2.04.